The Morgan fingerprint density at radius 3 is 3.12 bits per heavy atom. The van der Waals surface area contributed by atoms with Gasteiger partial charge < -0.3 is 29.8 Å². The van der Waals surface area contributed by atoms with Crippen molar-refractivity contribution in [2.75, 3.05) is 32.9 Å². The van der Waals surface area contributed by atoms with Crippen molar-refractivity contribution in [3.05, 3.63) is 16.7 Å². The zero-order chi connectivity index (χ0) is 18.7. The summed E-state index contributed by atoms with van der Waals surface area (Å²) in [4.78, 5) is 22.4. The van der Waals surface area contributed by atoms with Crippen molar-refractivity contribution in [2.24, 2.45) is 0 Å². The molecule has 4 unspecified atom stereocenters. The predicted octanol–water partition coefficient (Wildman–Crippen LogP) is -1.40. The first-order valence-electron chi connectivity index (χ1n) is 7.74. The summed E-state index contributed by atoms with van der Waals surface area (Å²) in [5.41, 5.74) is 5.38. The van der Waals surface area contributed by atoms with Gasteiger partial charge in [0.2, 0.25) is 5.95 Å². The number of nitrogen functional groups attached to an aromatic ring is 1. The second-order valence-electron chi connectivity index (χ2n) is 5.59. The van der Waals surface area contributed by atoms with E-state index >= 15 is 0 Å². The first-order valence-corrected chi connectivity index (χ1v) is 7.74. The van der Waals surface area contributed by atoms with Crippen LogP contribution in [0.1, 0.15) is 6.23 Å². The fourth-order valence-corrected chi connectivity index (χ4v) is 2.81. The number of nitrogens with zero attached hydrogens (tertiary/aromatic N) is 3. The molecule has 0 aromatic carbocycles. The molecule has 1 fully saturated rings. The minimum absolute atomic E-state index is 0.0688. The molecule has 0 spiro atoms. The van der Waals surface area contributed by atoms with Crippen LogP contribution in [-0.4, -0.2) is 70.1 Å². The second-order valence-corrected chi connectivity index (χ2v) is 5.59. The highest BCUT2D eigenvalue weighted by Gasteiger charge is 2.46. The van der Waals surface area contributed by atoms with E-state index in [2.05, 4.69) is 20.9 Å². The fraction of sp³-hybridized carbons (Fsp3) is 0.533. The van der Waals surface area contributed by atoms with Crippen molar-refractivity contribution in [3.8, 4) is 12.3 Å². The lowest BCUT2D eigenvalue weighted by Gasteiger charge is -2.20. The number of aromatic nitrogens is 4. The van der Waals surface area contributed by atoms with Gasteiger partial charge in [-0.1, -0.05) is 5.92 Å². The number of aliphatic hydroxyl groups excluding tert-OH is 1. The molecule has 4 atom stereocenters. The van der Waals surface area contributed by atoms with Crippen LogP contribution in [0.3, 0.4) is 0 Å². The third-order valence-electron chi connectivity index (χ3n) is 3.89. The van der Waals surface area contributed by atoms with Crippen LogP contribution in [0.15, 0.2) is 11.1 Å². The number of aromatic amines is 1. The van der Waals surface area contributed by atoms with E-state index in [0.717, 1.165) is 0 Å². The molecule has 11 nitrogen and oxygen atoms in total. The molecule has 3 heterocycles. The highest BCUT2D eigenvalue weighted by molar-refractivity contribution is 5.70. The fourth-order valence-electron chi connectivity index (χ4n) is 2.81. The summed E-state index contributed by atoms with van der Waals surface area (Å²) in [6.07, 6.45) is 3.15. The van der Waals surface area contributed by atoms with E-state index < -0.39 is 30.1 Å². The summed E-state index contributed by atoms with van der Waals surface area (Å²) >= 11 is 0. The summed E-state index contributed by atoms with van der Waals surface area (Å²) in [6, 6.07) is 0. The van der Waals surface area contributed by atoms with Crippen molar-refractivity contribution in [1.82, 2.24) is 19.5 Å². The molecular weight excluding hydrogens is 346 g/mol. The van der Waals surface area contributed by atoms with Gasteiger partial charge in [0.05, 0.1) is 12.9 Å². The number of anilines is 1. The van der Waals surface area contributed by atoms with Crippen molar-refractivity contribution < 1.29 is 24.1 Å². The van der Waals surface area contributed by atoms with Gasteiger partial charge in [-0.3, -0.25) is 14.3 Å². The molecule has 26 heavy (non-hydrogen) atoms. The lowest BCUT2D eigenvalue weighted by atomic mass is 10.1. The molecule has 3 rings (SSSR count). The average Bonchev–Trinajstić information content (AvgIpc) is 3.14. The first kappa shape index (κ1) is 18.3. The van der Waals surface area contributed by atoms with Crippen molar-refractivity contribution in [2.45, 2.75) is 24.5 Å². The molecule has 0 radical (unpaired) electrons. The van der Waals surface area contributed by atoms with Gasteiger partial charge in [-0.15, -0.1) is 6.42 Å². The summed E-state index contributed by atoms with van der Waals surface area (Å²) in [7, 11) is 1.50. The molecule has 1 saturated heterocycles. The Hall–Kier alpha value is -2.49. The lowest BCUT2D eigenvalue weighted by molar-refractivity contribution is -0.127. The molecule has 1 aliphatic heterocycles. The SMILES string of the molecule is C#CCOCOC1C(COC)OC(n2cnc3c(=O)[nH]c(N)nc32)C1O. The Balaban J connectivity index is 1.86. The van der Waals surface area contributed by atoms with Gasteiger partial charge in [0.15, 0.2) is 17.4 Å². The highest BCUT2D eigenvalue weighted by atomic mass is 16.7. The number of terminal acetylenes is 1. The Bertz CT molecular complexity index is 858. The number of hydrogen-bond acceptors (Lipinski definition) is 9. The van der Waals surface area contributed by atoms with Crippen LogP contribution < -0.4 is 11.3 Å². The number of nitrogens with one attached hydrogen (secondary N) is 1. The summed E-state index contributed by atoms with van der Waals surface area (Å²) in [6.45, 7) is 0.147. The zero-order valence-electron chi connectivity index (χ0n) is 14.0. The molecule has 11 heteroatoms. The minimum atomic E-state index is -1.09. The Morgan fingerprint density at radius 2 is 2.38 bits per heavy atom. The summed E-state index contributed by atoms with van der Waals surface area (Å²) in [5.74, 6) is 2.25. The number of imidazole rings is 1. The van der Waals surface area contributed by atoms with Gasteiger partial charge in [-0.25, -0.2) is 4.98 Å². The van der Waals surface area contributed by atoms with Gasteiger partial charge in [0.1, 0.15) is 31.7 Å². The Morgan fingerprint density at radius 1 is 1.58 bits per heavy atom. The molecule has 140 valence electrons. The van der Waals surface area contributed by atoms with Gasteiger partial charge in [0.25, 0.3) is 5.56 Å². The molecule has 0 amide bonds. The smallest absolute Gasteiger partial charge is 0.280 e. The van der Waals surface area contributed by atoms with E-state index in [1.54, 1.807) is 0 Å². The topological polar surface area (TPSA) is 147 Å². The molecular formula is C15H19N5O6. The van der Waals surface area contributed by atoms with Crippen LogP contribution >= 0.6 is 0 Å². The van der Waals surface area contributed by atoms with E-state index in [1.165, 1.54) is 18.0 Å². The third kappa shape index (κ3) is 3.41. The van der Waals surface area contributed by atoms with Crippen LogP contribution in [0.2, 0.25) is 0 Å². The van der Waals surface area contributed by atoms with E-state index in [0.29, 0.717) is 0 Å². The number of H-pyrrole nitrogens is 1. The lowest BCUT2D eigenvalue weighted by Crippen LogP contribution is -2.37. The maximum atomic E-state index is 11.9. The number of aliphatic hydroxyl groups is 1. The Labute approximate surface area is 148 Å². The van der Waals surface area contributed by atoms with E-state index in [-0.39, 0.29) is 37.1 Å². The van der Waals surface area contributed by atoms with E-state index in [4.69, 9.17) is 31.1 Å². The van der Waals surface area contributed by atoms with Crippen molar-refractivity contribution in [3.63, 3.8) is 0 Å². The number of ether oxygens (including phenoxy) is 4. The summed E-state index contributed by atoms with van der Waals surface area (Å²) < 4.78 is 23.0. The van der Waals surface area contributed by atoms with Crippen LogP contribution in [-0.2, 0) is 18.9 Å². The Kier molecular flexibility index (Phi) is 5.50. The van der Waals surface area contributed by atoms with Crippen LogP contribution in [0, 0.1) is 12.3 Å². The van der Waals surface area contributed by atoms with Gasteiger partial charge >= 0.3 is 0 Å². The number of hydrogen-bond donors (Lipinski definition) is 3. The van der Waals surface area contributed by atoms with Crippen LogP contribution in [0.25, 0.3) is 11.2 Å². The monoisotopic (exact) mass is 365 g/mol. The molecule has 2 aromatic rings. The number of nitrogens with two attached hydrogens (primary N) is 1. The third-order valence-corrected chi connectivity index (χ3v) is 3.89. The molecule has 2 aromatic heterocycles. The maximum absolute atomic E-state index is 11.9. The maximum Gasteiger partial charge on any atom is 0.280 e. The first-order chi connectivity index (χ1) is 12.6. The van der Waals surface area contributed by atoms with Gasteiger partial charge in [-0.2, -0.15) is 4.98 Å². The molecule has 0 bridgehead atoms. The zero-order valence-corrected chi connectivity index (χ0v) is 14.0. The highest BCUT2D eigenvalue weighted by Crippen LogP contribution is 2.33. The van der Waals surface area contributed by atoms with Crippen LogP contribution in [0.4, 0.5) is 5.95 Å². The van der Waals surface area contributed by atoms with Crippen LogP contribution in [0.5, 0.6) is 0 Å². The van der Waals surface area contributed by atoms with E-state index in [9.17, 15) is 9.90 Å². The van der Waals surface area contributed by atoms with Gasteiger partial charge in [-0.05, 0) is 0 Å². The molecule has 4 N–H and O–H groups in total. The summed E-state index contributed by atoms with van der Waals surface area (Å²) in [5, 5.41) is 10.7. The van der Waals surface area contributed by atoms with Crippen molar-refractivity contribution >= 4 is 17.1 Å². The average molecular weight is 365 g/mol. The minimum Gasteiger partial charge on any atom is -0.386 e. The molecule has 1 aliphatic rings. The van der Waals surface area contributed by atoms with Gasteiger partial charge in [0, 0.05) is 7.11 Å². The number of methoxy groups -OCH3 is 1. The molecule has 0 saturated carbocycles. The standard InChI is InChI=1S/C15H19N5O6/c1-3-4-24-7-25-11-8(5-23-2)26-14(10(11)21)20-6-17-9-12(20)18-15(16)19-13(9)22/h1,6,8,10-11,14,21H,4-5,7H2,2H3,(H3,16,18,19,22). The predicted molar refractivity (Wildman–Crippen MR) is 88.9 cm³/mol. The number of fused-ring (bicyclic) bond motifs is 1. The normalized spacial score (nSPS) is 25.6. The van der Waals surface area contributed by atoms with Crippen molar-refractivity contribution in [1.29, 1.82) is 0 Å². The quantitative estimate of drug-likeness (QED) is 0.306. The largest absolute Gasteiger partial charge is 0.386 e. The van der Waals surface area contributed by atoms with E-state index in [1.807, 2.05) is 0 Å². The number of rotatable bonds is 7. The molecule has 0 aliphatic carbocycles. The second kappa shape index (κ2) is 7.81.